The third-order valence-corrected chi connectivity index (χ3v) is 6.17. The average Bonchev–Trinajstić information content (AvgIpc) is 3.18. The summed E-state index contributed by atoms with van der Waals surface area (Å²) in [5.41, 5.74) is 6.86. The maximum absolute atomic E-state index is 6.53. The molecule has 0 spiro atoms. The molecule has 0 aromatic heterocycles. The van der Waals surface area contributed by atoms with Crippen molar-refractivity contribution in [3.63, 3.8) is 0 Å². The van der Waals surface area contributed by atoms with Crippen molar-refractivity contribution in [1.82, 2.24) is 5.32 Å². The molecule has 0 saturated carbocycles. The van der Waals surface area contributed by atoms with E-state index in [0.717, 1.165) is 35.8 Å². The van der Waals surface area contributed by atoms with Crippen LogP contribution < -0.4 is 15.0 Å². The van der Waals surface area contributed by atoms with E-state index in [2.05, 4.69) is 28.4 Å². The third kappa shape index (κ3) is 2.01. The fourth-order valence-corrected chi connectivity index (χ4v) is 5.05. The lowest BCUT2D eigenvalue weighted by atomic mass is 9.87. The number of methoxy groups -OCH3 is 1. The van der Waals surface area contributed by atoms with Gasteiger partial charge in [-0.3, -0.25) is 0 Å². The molecule has 24 heavy (non-hydrogen) atoms. The second kappa shape index (κ2) is 5.40. The molecule has 1 N–H and O–H groups in total. The van der Waals surface area contributed by atoms with Gasteiger partial charge in [0.15, 0.2) is 0 Å². The second-order valence-corrected chi connectivity index (χ2v) is 7.44. The summed E-state index contributed by atoms with van der Waals surface area (Å²) in [5, 5.41) is 4.33. The molecule has 3 nitrogen and oxygen atoms in total. The van der Waals surface area contributed by atoms with E-state index in [1.54, 1.807) is 7.11 Å². The van der Waals surface area contributed by atoms with Crippen LogP contribution in [0.1, 0.15) is 23.5 Å². The van der Waals surface area contributed by atoms with E-state index < -0.39 is 0 Å². The predicted molar refractivity (Wildman–Crippen MR) is 98.5 cm³/mol. The highest BCUT2D eigenvalue weighted by atomic mass is 35.5. The molecule has 2 aromatic rings. The van der Waals surface area contributed by atoms with E-state index in [1.165, 1.54) is 35.3 Å². The molecule has 4 heteroatoms. The zero-order valence-electron chi connectivity index (χ0n) is 13.8. The zero-order chi connectivity index (χ0) is 16.3. The first-order chi connectivity index (χ1) is 11.8. The highest BCUT2D eigenvalue weighted by Crippen LogP contribution is 2.50. The Morgan fingerprint density at radius 2 is 2.17 bits per heavy atom. The van der Waals surface area contributed by atoms with E-state index in [4.69, 9.17) is 16.3 Å². The summed E-state index contributed by atoms with van der Waals surface area (Å²) in [6.45, 7) is 3.40. The quantitative estimate of drug-likeness (QED) is 0.899. The summed E-state index contributed by atoms with van der Waals surface area (Å²) in [6, 6.07) is 11.4. The molecule has 3 aliphatic heterocycles. The Hall–Kier alpha value is -1.71. The largest absolute Gasteiger partial charge is 0.497 e. The molecule has 0 aliphatic carbocycles. The lowest BCUT2D eigenvalue weighted by molar-refractivity contribution is 0.405. The van der Waals surface area contributed by atoms with Gasteiger partial charge in [-0.05, 0) is 66.4 Å². The van der Waals surface area contributed by atoms with Crippen molar-refractivity contribution >= 4 is 17.3 Å². The molecule has 0 amide bonds. The number of fused-ring (bicyclic) bond motifs is 3. The predicted octanol–water partition coefficient (Wildman–Crippen LogP) is 3.84. The number of rotatable bonds is 2. The fraction of sp³-hybridized carbons (Fsp3) is 0.400. The zero-order valence-corrected chi connectivity index (χ0v) is 14.6. The Bertz CT molecular complexity index is 820. The first-order valence-corrected chi connectivity index (χ1v) is 9.12. The summed E-state index contributed by atoms with van der Waals surface area (Å²) in [4.78, 5) is 2.66. The minimum Gasteiger partial charge on any atom is -0.497 e. The van der Waals surface area contributed by atoms with Crippen molar-refractivity contribution in [2.24, 2.45) is 0 Å². The molecular weight excluding hydrogens is 320 g/mol. The van der Waals surface area contributed by atoms with Crippen LogP contribution in [0, 0.1) is 0 Å². The van der Waals surface area contributed by atoms with E-state index in [-0.39, 0.29) is 0 Å². The van der Waals surface area contributed by atoms with E-state index in [9.17, 15) is 0 Å². The summed E-state index contributed by atoms with van der Waals surface area (Å²) in [5.74, 6) is 1.42. The summed E-state index contributed by atoms with van der Waals surface area (Å²) < 4.78 is 5.28. The van der Waals surface area contributed by atoms with Gasteiger partial charge in [-0.2, -0.15) is 0 Å². The van der Waals surface area contributed by atoms with Crippen LogP contribution in [-0.4, -0.2) is 32.8 Å². The average molecular weight is 341 g/mol. The lowest BCUT2D eigenvalue weighted by Crippen LogP contribution is -2.43. The monoisotopic (exact) mass is 340 g/mol. The minimum absolute atomic E-state index is 0.616. The maximum atomic E-state index is 6.53. The number of ether oxygens (including phenoxy) is 1. The van der Waals surface area contributed by atoms with Gasteiger partial charge >= 0.3 is 0 Å². The van der Waals surface area contributed by atoms with Crippen LogP contribution in [0.2, 0.25) is 5.02 Å². The van der Waals surface area contributed by atoms with Gasteiger partial charge < -0.3 is 15.0 Å². The Kier molecular flexibility index (Phi) is 3.29. The molecule has 3 aliphatic rings. The maximum Gasteiger partial charge on any atom is 0.120 e. The Balaban J connectivity index is 1.64. The van der Waals surface area contributed by atoms with Crippen molar-refractivity contribution in [2.45, 2.75) is 24.8 Å². The molecule has 1 fully saturated rings. The van der Waals surface area contributed by atoms with Gasteiger partial charge in [0.2, 0.25) is 0 Å². The highest BCUT2D eigenvalue weighted by molar-refractivity contribution is 6.33. The molecule has 5 rings (SSSR count). The molecule has 124 valence electrons. The van der Waals surface area contributed by atoms with Gasteiger partial charge in [0.05, 0.1) is 12.1 Å². The Morgan fingerprint density at radius 3 is 3.00 bits per heavy atom. The molecule has 0 bridgehead atoms. The third-order valence-electron chi connectivity index (χ3n) is 5.86. The topological polar surface area (TPSA) is 24.5 Å². The molecule has 1 saturated heterocycles. The summed E-state index contributed by atoms with van der Waals surface area (Å²) in [7, 11) is 1.67. The smallest absolute Gasteiger partial charge is 0.120 e. The van der Waals surface area contributed by atoms with Crippen molar-refractivity contribution < 1.29 is 4.74 Å². The second-order valence-electron chi connectivity index (χ2n) is 7.03. The SMILES string of the molecule is COc1ccc(-c2cc3c4c(c2)[C@@H]2CNCC[C@@H]2N4CC3)c(Cl)c1. The first-order valence-electron chi connectivity index (χ1n) is 8.74. The van der Waals surface area contributed by atoms with Gasteiger partial charge in [0.25, 0.3) is 0 Å². The number of nitrogens with zero attached hydrogens (tertiary/aromatic N) is 1. The number of hydrogen-bond donors (Lipinski definition) is 1. The van der Waals surface area contributed by atoms with Crippen LogP contribution in [0.5, 0.6) is 5.75 Å². The molecule has 2 aromatic carbocycles. The fourth-order valence-electron chi connectivity index (χ4n) is 4.77. The van der Waals surface area contributed by atoms with Gasteiger partial charge in [-0.25, -0.2) is 0 Å². The van der Waals surface area contributed by atoms with Crippen LogP contribution in [-0.2, 0) is 6.42 Å². The number of nitrogens with one attached hydrogen (secondary N) is 1. The van der Waals surface area contributed by atoms with Gasteiger partial charge in [-0.1, -0.05) is 11.6 Å². The van der Waals surface area contributed by atoms with Gasteiger partial charge in [0.1, 0.15) is 5.75 Å². The number of halogens is 1. The number of anilines is 1. The van der Waals surface area contributed by atoms with E-state index in [1.807, 2.05) is 12.1 Å². The van der Waals surface area contributed by atoms with Crippen molar-refractivity contribution in [2.75, 3.05) is 31.6 Å². The van der Waals surface area contributed by atoms with Crippen LogP contribution in [0.15, 0.2) is 30.3 Å². The summed E-state index contributed by atoms with van der Waals surface area (Å²) >= 11 is 6.53. The summed E-state index contributed by atoms with van der Waals surface area (Å²) in [6.07, 6.45) is 2.40. The molecule has 3 heterocycles. The van der Waals surface area contributed by atoms with Crippen molar-refractivity contribution in [3.8, 4) is 16.9 Å². The van der Waals surface area contributed by atoms with Crippen LogP contribution in [0.4, 0.5) is 5.69 Å². The van der Waals surface area contributed by atoms with Crippen molar-refractivity contribution in [3.05, 3.63) is 46.5 Å². The van der Waals surface area contributed by atoms with Crippen LogP contribution >= 0.6 is 11.6 Å². The number of benzene rings is 2. The molecule has 0 radical (unpaired) electrons. The highest BCUT2D eigenvalue weighted by Gasteiger charge is 2.43. The van der Waals surface area contributed by atoms with Crippen LogP contribution in [0.3, 0.4) is 0 Å². The molecule has 2 atom stereocenters. The number of hydrogen-bond acceptors (Lipinski definition) is 3. The number of piperidine rings is 1. The first kappa shape index (κ1) is 14.6. The standard InChI is InChI=1S/C20H21ClN2O/c1-24-14-2-3-15(18(21)10-14)13-8-12-5-7-23-19-4-6-22-11-17(19)16(9-13)20(12)23/h2-3,8-10,17,19,22H,4-7,11H2,1H3/t17-,19-/m0/s1. The van der Waals surface area contributed by atoms with E-state index >= 15 is 0 Å². The normalized spacial score (nSPS) is 24.0. The van der Waals surface area contributed by atoms with Crippen LogP contribution in [0.25, 0.3) is 11.1 Å². The lowest BCUT2D eigenvalue weighted by Gasteiger charge is -2.32. The molecular formula is C20H21ClN2O. The van der Waals surface area contributed by atoms with Gasteiger partial charge in [0, 0.05) is 36.3 Å². The Labute approximate surface area is 147 Å². The van der Waals surface area contributed by atoms with Gasteiger partial charge in [-0.15, -0.1) is 0 Å². The van der Waals surface area contributed by atoms with Crippen molar-refractivity contribution in [1.29, 1.82) is 0 Å². The van der Waals surface area contributed by atoms with E-state index in [0.29, 0.717) is 12.0 Å². The minimum atomic E-state index is 0.616. The Morgan fingerprint density at radius 1 is 1.25 bits per heavy atom. The molecule has 0 unspecified atom stereocenters.